The maximum Gasteiger partial charge on any atom is 0.0793 e. The smallest absolute Gasteiger partial charge is 0.0793 e. The summed E-state index contributed by atoms with van der Waals surface area (Å²) in [6.45, 7) is 22.7. The van der Waals surface area contributed by atoms with Crippen LogP contribution >= 0.6 is 0 Å². The third-order valence-electron chi connectivity index (χ3n) is 9.14. The summed E-state index contributed by atoms with van der Waals surface area (Å²) in [7, 11) is 0. The van der Waals surface area contributed by atoms with E-state index in [2.05, 4.69) is 66.9 Å². The first-order chi connectivity index (χ1) is 14.4. The topological polar surface area (TPSA) is 20.2 Å². The summed E-state index contributed by atoms with van der Waals surface area (Å²) >= 11 is 0. The van der Waals surface area contributed by atoms with E-state index in [4.69, 9.17) is 0 Å². The van der Waals surface area contributed by atoms with Crippen molar-refractivity contribution in [1.29, 1.82) is 0 Å². The highest BCUT2D eigenvalue weighted by Crippen LogP contribution is 2.60. The van der Waals surface area contributed by atoms with E-state index < -0.39 is 6.10 Å². The van der Waals surface area contributed by atoms with Gasteiger partial charge in [-0.25, -0.2) is 0 Å². The van der Waals surface area contributed by atoms with Crippen molar-refractivity contribution in [3.05, 3.63) is 47.6 Å². The Labute approximate surface area is 192 Å². The molecule has 0 amide bonds. The van der Waals surface area contributed by atoms with Crippen LogP contribution in [-0.2, 0) is 0 Å². The summed E-state index contributed by atoms with van der Waals surface area (Å²) in [5.74, 6) is 2.61. The Morgan fingerprint density at radius 2 is 1.90 bits per heavy atom. The van der Waals surface area contributed by atoms with Gasteiger partial charge in [0.05, 0.1) is 6.10 Å². The zero-order valence-corrected chi connectivity index (χ0v) is 21.3. The minimum atomic E-state index is -0.424. The first-order valence-electron chi connectivity index (χ1n) is 12.9. The van der Waals surface area contributed by atoms with Crippen LogP contribution in [0, 0.1) is 34.5 Å². The zero-order valence-electron chi connectivity index (χ0n) is 21.3. The third-order valence-corrected chi connectivity index (χ3v) is 9.14. The minimum absolute atomic E-state index is 0.176. The van der Waals surface area contributed by atoms with E-state index in [9.17, 15) is 5.11 Å². The van der Waals surface area contributed by atoms with Crippen molar-refractivity contribution >= 4 is 0 Å². The molecular weight excluding hydrogens is 376 g/mol. The average molecular weight is 425 g/mol. The van der Waals surface area contributed by atoms with Gasteiger partial charge >= 0.3 is 0 Å². The summed E-state index contributed by atoms with van der Waals surface area (Å²) < 4.78 is 0. The van der Waals surface area contributed by atoms with Crippen molar-refractivity contribution in [2.45, 2.75) is 105 Å². The summed E-state index contributed by atoms with van der Waals surface area (Å²) in [6.07, 6.45) is 15.7. The summed E-state index contributed by atoms with van der Waals surface area (Å²) in [6, 6.07) is 0. The summed E-state index contributed by atoms with van der Waals surface area (Å²) in [4.78, 5) is 0. The van der Waals surface area contributed by atoms with Crippen molar-refractivity contribution in [1.82, 2.24) is 0 Å². The molecule has 1 N–H and O–H groups in total. The predicted octanol–water partition coefficient (Wildman–Crippen LogP) is 8.42. The van der Waals surface area contributed by atoms with E-state index in [0.717, 1.165) is 28.9 Å². The Balaban J connectivity index is 1.72. The molecule has 0 saturated heterocycles. The molecule has 3 saturated carbocycles. The van der Waals surface area contributed by atoms with E-state index in [-0.39, 0.29) is 5.92 Å². The lowest BCUT2D eigenvalue weighted by molar-refractivity contribution is 0.0920. The molecule has 0 heterocycles. The molecule has 31 heavy (non-hydrogen) atoms. The molecule has 0 spiro atoms. The van der Waals surface area contributed by atoms with Crippen LogP contribution in [-0.4, -0.2) is 11.2 Å². The quantitative estimate of drug-likeness (QED) is 0.439. The summed E-state index contributed by atoms with van der Waals surface area (Å²) in [5.41, 5.74) is 5.86. The molecule has 1 nitrogen and oxygen atoms in total. The van der Waals surface area contributed by atoms with Gasteiger partial charge in [0.15, 0.2) is 0 Å². The van der Waals surface area contributed by atoms with Crippen molar-refractivity contribution in [2.75, 3.05) is 0 Å². The van der Waals surface area contributed by atoms with Gasteiger partial charge in [0.1, 0.15) is 0 Å². The fourth-order valence-electron chi connectivity index (χ4n) is 7.01. The average Bonchev–Trinajstić information content (AvgIpc) is 3.04. The zero-order chi connectivity index (χ0) is 23.0. The Bertz CT molecular complexity index is 745. The lowest BCUT2D eigenvalue weighted by Gasteiger charge is -2.44. The van der Waals surface area contributed by atoms with Crippen LogP contribution in [0.2, 0.25) is 0 Å². The third kappa shape index (κ3) is 5.29. The van der Waals surface area contributed by atoms with Gasteiger partial charge in [0.25, 0.3) is 0 Å². The Morgan fingerprint density at radius 3 is 2.58 bits per heavy atom. The number of aliphatic hydroxyl groups is 1. The van der Waals surface area contributed by atoms with Gasteiger partial charge in [-0.3, -0.25) is 0 Å². The lowest BCUT2D eigenvalue weighted by Crippen LogP contribution is -2.36. The van der Waals surface area contributed by atoms with Gasteiger partial charge in [0.2, 0.25) is 0 Å². The van der Waals surface area contributed by atoms with Crippen molar-refractivity contribution in [3.63, 3.8) is 0 Å². The van der Waals surface area contributed by atoms with Gasteiger partial charge in [-0.1, -0.05) is 85.3 Å². The van der Waals surface area contributed by atoms with Crippen LogP contribution in [0.15, 0.2) is 47.6 Å². The molecule has 0 radical (unpaired) electrons. The van der Waals surface area contributed by atoms with Crippen LogP contribution in [0.5, 0.6) is 0 Å². The molecule has 0 bridgehead atoms. The number of allylic oxidation sites excluding steroid dienone is 4. The van der Waals surface area contributed by atoms with Gasteiger partial charge in [0, 0.05) is 12.3 Å². The molecule has 0 unspecified atom stereocenters. The van der Waals surface area contributed by atoms with Gasteiger partial charge in [-0.2, -0.15) is 0 Å². The van der Waals surface area contributed by atoms with Gasteiger partial charge < -0.3 is 5.11 Å². The van der Waals surface area contributed by atoms with Crippen molar-refractivity contribution in [3.8, 4) is 0 Å². The maximum absolute atomic E-state index is 10.4. The Morgan fingerprint density at radius 1 is 1.19 bits per heavy atom. The van der Waals surface area contributed by atoms with E-state index in [1.54, 1.807) is 5.57 Å². The molecule has 3 fully saturated rings. The Hall–Kier alpha value is -1.08. The van der Waals surface area contributed by atoms with Crippen LogP contribution in [0.25, 0.3) is 0 Å². The standard InChI is InChI=1S/C30H48O/c1-20(11-9-17-29(5,6)7)26-15-16-27-24(12-10-18-30(26,27)8)13-14-25-19-28(31)23(4)21(2)22(25)3/h13-14,20-21,26-28,31H,3-4,9-12,15-19H2,1-2,5-8H3/b24-13+,25-14-/t20-,21+,26+,27-,28+,30+/m0/s1. The van der Waals surface area contributed by atoms with Crippen LogP contribution in [0.4, 0.5) is 0 Å². The van der Waals surface area contributed by atoms with Crippen molar-refractivity contribution in [2.24, 2.45) is 34.5 Å². The van der Waals surface area contributed by atoms with Gasteiger partial charge in [-0.15, -0.1) is 0 Å². The normalized spacial score (nSPS) is 38.0. The second-order valence-corrected chi connectivity index (χ2v) is 12.5. The fourth-order valence-corrected chi connectivity index (χ4v) is 7.01. The number of aliphatic hydroxyl groups excluding tert-OH is 1. The molecule has 0 aromatic rings. The molecule has 0 aromatic carbocycles. The van der Waals surface area contributed by atoms with Crippen LogP contribution in [0.3, 0.4) is 0 Å². The largest absolute Gasteiger partial charge is 0.388 e. The van der Waals surface area contributed by atoms with Gasteiger partial charge in [-0.05, 0) is 83.8 Å². The number of fused-ring (bicyclic) bond motifs is 1. The van der Waals surface area contributed by atoms with E-state index in [0.29, 0.717) is 17.3 Å². The van der Waals surface area contributed by atoms with Crippen molar-refractivity contribution < 1.29 is 5.11 Å². The van der Waals surface area contributed by atoms with E-state index in [1.165, 1.54) is 56.9 Å². The number of hydrogen-bond donors (Lipinski definition) is 1. The van der Waals surface area contributed by atoms with Crippen LogP contribution in [0.1, 0.15) is 99.3 Å². The SMILES string of the molecule is C=C1/C(=C\C=C2/CCC[C@]3(C)[C@@H]([C@@H](C)CCCC(C)(C)C)CC[C@@H]23)C[C@@H](O)C(=C)[C@@H]1C. The second kappa shape index (κ2) is 9.42. The number of hydrogen-bond acceptors (Lipinski definition) is 1. The number of rotatable bonds is 5. The molecule has 3 aliphatic rings. The fraction of sp³-hybridized carbons (Fsp3) is 0.733. The molecule has 174 valence electrons. The molecule has 0 aliphatic heterocycles. The van der Waals surface area contributed by atoms with Crippen LogP contribution < -0.4 is 0 Å². The maximum atomic E-state index is 10.4. The highest BCUT2D eigenvalue weighted by atomic mass is 16.3. The Kier molecular flexibility index (Phi) is 7.46. The molecular formula is C30H48O. The minimum Gasteiger partial charge on any atom is -0.388 e. The molecule has 1 heteroatoms. The molecule has 3 rings (SSSR count). The molecule has 6 atom stereocenters. The van der Waals surface area contributed by atoms with E-state index >= 15 is 0 Å². The molecule has 0 aromatic heterocycles. The first-order valence-corrected chi connectivity index (χ1v) is 12.9. The highest BCUT2D eigenvalue weighted by Gasteiger charge is 2.50. The predicted molar refractivity (Wildman–Crippen MR) is 135 cm³/mol. The monoisotopic (exact) mass is 424 g/mol. The lowest BCUT2D eigenvalue weighted by atomic mass is 9.60. The van der Waals surface area contributed by atoms with E-state index in [1.807, 2.05) is 0 Å². The molecule has 3 aliphatic carbocycles. The second-order valence-electron chi connectivity index (χ2n) is 12.5. The highest BCUT2D eigenvalue weighted by molar-refractivity contribution is 5.43. The first kappa shape index (κ1) is 24.6. The summed E-state index contributed by atoms with van der Waals surface area (Å²) in [5, 5.41) is 10.4.